The average molecular weight is 614 g/mol. The van der Waals surface area contributed by atoms with E-state index in [-0.39, 0.29) is 0 Å². The molecule has 226 valence electrons. The number of rotatable bonds is 6. The topological polar surface area (TPSA) is 16.4 Å². The normalized spacial score (nSPS) is 11.3. The molecule has 0 saturated heterocycles. The van der Waals surface area contributed by atoms with Crippen molar-refractivity contribution in [1.29, 1.82) is 0 Å². The number of para-hydroxylation sites is 3. The first-order valence-electron chi connectivity index (χ1n) is 16.4. The van der Waals surface area contributed by atoms with Crippen LogP contribution in [-0.4, -0.2) is 0 Å². The Bertz CT molecular complexity index is 2560. The van der Waals surface area contributed by atoms with Crippen molar-refractivity contribution in [3.05, 3.63) is 188 Å². The van der Waals surface area contributed by atoms with Crippen LogP contribution in [0.5, 0.6) is 0 Å². The third-order valence-electron chi connectivity index (χ3n) is 9.29. The molecule has 0 aliphatic heterocycles. The van der Waals surface area contributed by atoms with E-state index in [1.165, 1.54) is 21.9 Å². The number of furan rings is 1. The van der Waals surface area contributed by atoms with Crippen LogP contribution in [0.15, 0.2) is 192 Å². The second-order valence-electron chi connectivity index (χ2n) is 12.1. The summed E-state index contributed by atoms with van der Waals surface area (Å²) >= 11 is 0. The van der Waals surface area contributed by atoms with Crippen LogP contribution in [0.3, 0.4) is 0 Å². The summed E-state index contributed by atoms with van der Waals surface area (Å²) in [6, 6.07) is 66.9. The van der Waals surface area contributed by atoms with Crippen LogP contribution < -0.4 is 4.90 Å². The van der Waals surface area contributed by atoms with Gasteiger partial charge in [0.15, 0.2) is 0 Å². The van der Waals surface area contributed by atoms with E-state index in [2.05, 4.69) is 181 Å². The zero-order valence-corrected chi connectivity index (χ0v) is 26.3. The highest BCUT2D eigenvalue weighted by Crippen LogP contribution is 2.48. The Morgan fingerprint density at radius 2 is 0.833 bits per heavy atom. The SMILES string of the molecule is c1ccc(-c2ccc(-c3ccccc3N(c3ccccc3-c3cccc4oc5ccccc5c34)c3cccc4ccccc34)cc2)cc1. The van der Waals surface area contributed by atoms with Crippen molar-refractivity contribution < 1.29 is 4.42 Å². The summed E-state index contributed by atoms with van der Waals surface area (Å²) in [5.74, 6) is 0. The molecule has 0 unspecified atom stereocenters. The van der Waals surface area contributed by atoms with Crippen molar-refractivity contribution >= 4 is 49.8 Å². The minimum absolute atomic E-state index is 0.888. The summed E-state index contributed by atoms with van der Waals surface area (Å²) in [5.41, 5.74) is 12.1. The van der Waals surface area contributed by atoms with Gasteiger partial charge in [0.1, 0.15) is 11.2 Å². The maximum Gasteiger partial charge on any atom is 0.136 e. The molecular formula is C46H31NO. The maximum absolute atomic E-state index is 6.35. The molecule has 9 aromatic rings. The van der Waals surface area contributed by atoms with Gasteiger partial charge in [0.2, 0.25) is 0 Å². The summed E-state index contributed by atoms with van der Waals surface area (Å²) in [4.78, 5) is 2.44. The Hall–Kier alpha value is -6.38. The molecule has 9 rings (SSSR count). The standard InChI is InChI=1S/C46H31NO/c1-2-14-32(15-3-1)33-28-30-35(31-29-33)37-19-6-9-23-41(37)47(42-25-12-17-34-16-4-5-18-36(34)42)43-24-10-7-20-38(43)39-22-13-27-45-46(39)40-21-8-11-26-44(40)48-45/h1-31H. The molecule has 48 heavy (non-hydrogen) atoms. The van der Waals surface area contributed by atoms with E-state index in [0.717, 1.165) is 61.3 Å². The molecule has 0 radical (unpaired) electrons. The molecule has 0 bridgehead atoms. The van der Waals surface area contributed by atoms with Crippen molar-refractivity contribution in [3.63, 3.8) is 0 Å². The predicted molar refractivity (Wildman–Crippen MR) is 202 cm³/mol. The third-order valence-corrected chi connectivity index (χ3v) is 9.29. The molecule has 0 spiro atoms. The fourth-order valence-electron chi connectivity index (χ4n) is 7.07. The molecule has 0 amide bonds. The van der Waals surface area contributed by atoms with E-state index in [4.69, 9.17) is 4.42 Å². The number of anilines is 3. The van der Waals surface area contributed by atoms with Gasteiger partial charge in [-0.05, 0) is 58.0 Å². The van der Waals surface area contributed by atoms with Gasteiger partial charge in [0.25, 0.3) is 0 Å². The number of hydrogen-bond acceptors (Lipinski definition) is 2. The minimum atomic E-state index is 0.888. The Morgan fingerprint density at radius 3 is 1.67 bits per heavy atom. The van der Waals surface area contributed by atoms with Gasteiger partial charge in [-0.15, -0.1) is 0 Å². The summed E-state index contributed by atoms with van der Waals surface area (Å²) in [5, 5.41) is 4.64. The highest BCUT2D eigenvalue weighted by molar-refractivity contribution is 6.14. The van der Waals surface area contributed by atoms with Gasteiger partial charge in [0, 0.05) is 27.3 Å². The van der Waals surface area contributed by atoms with Gasteiger partial charge in [-0.25, -0.2) is 0 Å². The molecule has 1 aromatic heterocycles. The first kappa shape index (κ1) is 27.9. The van der Waals surface area contributed by atoms with E-state index in [0.29, 0.717) is 0 Å². The number of hydrogen-bond donors (Lipinski definition) is 0. The average Bonchev–Trinajstić information content (AvgIpc) is 3.55. The van der Waals surface area contributed by atoms with E-state index < -0.39 is 0 Å². The van der Waals surface area contributed by atoms with E-state index in [1.807, 2.05) is 12.1 Å². The summed E-state index contributed by atoms with van der Waals surface area (Å²) < 4.78 is 6.35. The molecule has 8 aromatic carbocycles. The highest BCUT2D eigenvalue weighted by Gasteiger charge is 2.23. The van der Waals surface area contributed by atoms with Gasteiger partial charge in [-0.2, -0.15) is 0 Å². The van der Waals surface area contributed by atoms with Crippen LogP contribution in [0, 0.1) is 0 Å². The lowest BCUT2D eigenvalue weighted by Gasteiger charge is -2.31. The maximum atomic E-state index is 6.35. The smallest absolute Gasteiger partial charge is 0.136 e. The van der Waals surface area contributed by atoms with Crippen LogP contribution in [0.1, 0.15) is 0 Å². The fraction of sp³-hybridized carbons (Fsp3) is 0. The zero-order chi connectivity index (χ0) is 31.9. The lowest BCUT2D eigenvalue weighted by molar-refractivity contribution is 0.669. The van der Waals surface area contributed by atoms with Gasteiger partial charge in [-0.1, -0.05) is 158 Å². The summed E-state index contributed by atoms with van der Waals surface area (Å²) in [6.45, 7) is 0. The Morgan fingerprint density at radius 1 is 0.312 bits per heavy atom. The number of nitrogens with zero attached hydrogens (tertiary/aromatic N) is 1. The second-order valence-corrected chi connectivity index (χ2v) is 12.1. The van der Waals surface area contributed by atoms with E-state index in [1.54, 1.807) is 0 Å². The van der Waals surface area contributed by atoms with E-state index in [9.17, 15) is 0 Å². The van der Waals surface area contributed by atoms with Gasteiger partial charge in [0.05, 0.1) is 17.1 Å². The molecular weight excluding hydrogens is 583 g/mol. The second kappa shape index (κ2) is 11.8. The summed E-state index contributed by atoms with van der Waals surface area (Å²) in [6.07, 6.45) is 0. The van der Waals surface area contributed by atoms with Crippen molar-refractivity contribution in [2.75, 3.05) is 4.90 Å². The summed E-state index contributed by atoms with van der Waals surface area (Å²) in [7, 11) is 0. The monoisotopic (exact) mass is 613 g/mol. The fourth-order valence-corrected chi connectivity index (χ4v) is 7.07. The highest BCUT2D eigenvalue weighted by atomic mass is 16.3. The van der Waals surface area contributed by atoms with Gasteiger partial charge >= 0.3 is 0 Å². The molecule has 2 heteroatoms. The first-order valence-corrected chi connectivity index (χ1v) is 16.4. The molecule has 0 fully saturated rings. The first-order chi connectivity index (χ1) is 23.8. The lowest BCUT2D eigenvalue weighted by Crippen LogP contribution is -2.13. The molecule has 1 heterocycles. The van der Waals surface area contributed by atoms with Gasteiger partial charge < -0.3 is 9.32 Å². The number of fused-ring (bicyclic) bond motifs is 4. The molecule has 2 nitrogen and oxygen atoms in total. The van der Waals surface area contributed by atoms with Crippen LogP contribution in [0.2, 0.25) is 0 Å². The third kappa shape index (κ3) is 4.74. The van der Waals surface area contributed by atoms with E-state index >= 15 is 0 Å². The Kier molecular flexibility index (Phi) is 6.84. The minimum Gasteiger partial charge on any atom is -0.456 e. The van der Waals surface area contributed by atoms with Crippen molar-refractivity contribution in [2.45, 2.75) is 0 Å². The molecule has 0 saturated carbocycles. The van der Waals surface area contributed by atoms with Gasteiger partial charge in [-0.3, -0.25) is 0 Å². The van der Waals surface area contributed by atoms with Crippen molar-refractivity contribution in [1.82, 2.24) is 0 Å². The zero-order valence-electron chi connectivity index (χ0n) is 26.3. The van der Waals surface area contributed by atoms with Crippen LogP contribution in [-0.2, 0) is 0 Å². The van der Waals surface area contributed by atoms with Crippen molar-refractivity contribution in [3.8, 4) is 33.4 Å². The molecule has 0 aliphatic rings. The largest absolute Gasteiger partial charge is 0.456 e. The Balaban J connectivity index is 1.30. The van der Waals surface area contributed by atoms with Crippen LogP contribution in [0.25, 0.3) is 66.1 Å². The number of benzene rings is 8. The quantitative estimate of drug-likeness (QED) is 0.185. The van der Waals surface area contributed by atoms with Crippen LogP contribution >= 0.6 is 0 Å². The Labute approximate surface area is 279 Å². The lowest BCUT2D eigenvalue weighted by atomic mass is 9.95. The molecule has 0 N–H and O–H groups in total. The molecule has 0 aliphatic carbocycles. The molecule has 0 atom stereocenters. The van der Waals surface area contributed by atoms with Crippen molar-refractivity contribution in [2.24, 2.45) is 0 Å². The van der Waals surface area contributed by atoms with Crippen LogP contribution in [0.4, 0.5) is 17.1 Å². The predicted octanol–water partition coefficient (Wildman–Crippen LogP) is 13.2.